The van der Waals surface area contributed by atoms with Gasteiger partial charge in [-0.25, -0.2) is 0 Å². The van der Waals surface area contributed by atoms with Crippen LogP contribution in [0.15, 0.2) is 0 Å². The van der Waals surface area contributed by atoms with Crippen molar-refractivity contribution in [3.05, 3.63) is 0 Å². The average Bonchev–Trinajstić information content (AvgIpc) is 2.18. The Bertz CT molecular complexity index is 182. The van der Waals surface area contributed by atoms with Crippen LogP contribution >= 0.6 is 7.37 Å². The normalized spacial score (nSPS) is 15.8. The van der Waals surface area contributed by atoms with Gasteiger partial charge in [-0.05, 0) is 20.8 Å². The number of rotatable bonds is 8. The predicted molar refractivity (Wildman–Crippen MR) is 55.3 cm³/mol. The molecule has 0 spiro atoms. The van der Waals surface area contributed by atoms with Gasteiger partial charge in [0.15, 0.2) is 0 Å². The molecule has 0 aromatic carbocycles. The van der Waals surface area contributed by atoms with E-state index in [1.165, 1.54) is 0 Å². The predicted octanol–water partition coefficient (Wildman–Crippen LogP) is 1.57. The topological polar surface area (TPSA) is 70.8 Å². The van der Waals surface area contributed by atoms with E-state index in [1.54, 1.807) is 20.8 Å². The Labute approximate surface area is 85.4 Å². The Morgan fingerprint density at radius 3 is 1.93 bits per heavy atom. The Balaban J connectivity index is 4.46. The van der Waals surface area contributed by atoms with Crippen LogP contribution in [-0.2, 0) is 18.6 Å². The summed E-state index contributed by atoms with van der Waals surface area (Å²) >= 11 is 0. The molecule has 0 bridgehead atoms. The smallest absolute Gasteiger partial charge is 0.270 e. The third kappa shape index (κ3) is 4.07. The highest BCUT2D eigenvalue weighted by Gasteiger charge is 2.34. The van der Waals surface area contributed by atoms with Crippen molar-refractivity contribution in [3.63, 3.8) is 0 Å². The van der Waals surface area contributed by atoms with Crippen molar-refractivity contribution in [2.75, 3.05) is 26.1 Å². The highest BCUT2D eigenvalue weighted by atomic mass is 31.2. The molecular formula is C8H20NO4P. The number of hydrogen-bond acceptors (Lipinski definition) is 5. The lowest BCUT2D eigenvalue weighted by Crippen LogP contribution is -2.23. The van der Waals surface area contributed by atoms with Gasteiger partial charge in [-0.2, -0.15) is 0 Å². The molecule has 0 amide bonds. The average molecular weight is 225 g/mol. The summed E-state index contributed by atoms with van der Waals surface area (Å²) < 4.78 is 27.6. The minimum atomic E-state index is -3.01. The second-order valence-corrected chi connectivity index (χ2v) is 5.04. The van der Waals surface area contributed by atoms with Gasteiger partial charge >= 0.3 is 0 Å². The first-order chi connectivity index (χ1) is 6.64. The third-order valence-electron chi connectivity index (χ3n) is 1.54. The first-order valence-corrected chi connectivity index (χ1v) is 6.69. The second kappa shape index (κ2) is 7.37. The van der Waals surface area contributed by atoms with Crippen LogP contribution < -0.4 is 5.73 Å². The van der Waals surface area contributed by atoms with E-state index in [2.05, 4.69) is 0 Å². The zero-order valence-electron chi connectivity index (χ0n) is 9.06. The van der Waals surface area contributed by atoms with Gasteiger partial charge in [0.1, 0.15) is 0 Å². The highest BCUT2D eigenvalue weighted by Crippen LogP contribution is 2.51. The molecule has 0 aliphatic carbocycles. The Morgan fingerprint density at radius 1 is 1.14 bits per heavy atom. The molecule has 14 heavy (non-hydrogen) atoms. The van der Waals surface area contributed by atoms with Crippen molar-refractivity contribution in [1.82, 2.24) is 0 Å². The van der Waals surface area contributed by atoms with E-state index in [1.807, 2.05) is 0 Å². The molecule has 6 heteroatoms. The van der Waals surface area contributed by atoms with Crippen molar-refractivity contribution in [2.24, 2.45) is 5.73 Å². The van der Waals surface area contributed by atoms with E-state index in [-0.39, 0.29) is 6.29 Å². The Hall–Kier alpha value is 0.0700. The van der Waals surface area contributed by atoms with Gasteiger partial charge in [0, 0.05) is 13.2 Å². The summed E-state index contributed by atoms with van der Waals surface area (Å²) in [6.45, 7) is 6.55. The lowest BCUT2D eigenvalue weighted by molar-refractivity contribution is -0.0888. The van der Waals surface area contributed by atoms with Gasteiger partial charge in [0.05, 0.1) is 12.9 Å². The maximum atomic E-state index is 12.1. The molecule has 1 atom stereocenters. The molecule has 0 aliphatic rings. The molecule has 86 valence electrons. The fourth-order valence-corrected chi connectivity index (χ4v) is 2.57. The number of nitrogens with two attached hydrogens (primary N) is 1. The van der Waals surface area contributed by atoms with E-state index in [0.717, 1.165) is 0 Å². The molecular weight excluding hydrogens is 205 g/mol. The summed E-state index contributed by atoms with van der Waals surface area (Å²) in [7, 11) is -3.01. The van der Waals surface area contributed by atoms with E-state index >= 15 is 0 Å². The largest absolute Gasteiger partial charge is 0.345 e. The number of hydrogen-bond donors (Lipinski definition) is 1. The summed E-state index contributed by atoms with van der Waals surface area (Å²) in [6, 6.07) is -0.831. The molecule has 5 nitrogen and oxygen atoms in total. The molecule has 0 saturated carbocycles. The molecule has 2 N–H and O–H groups in total. The Morgan fingerprint density at radius 2 is 1.64 bits per heavy atom. The van der Waals surface area contributed by atoms with Crippen LogP contribution in [0.2, 0.25) is 0 Å². The Kier molecular flexibility index (Phi) is 7.41. The lowest BCUT2D eigenvalue weighted by Gasteiger charge is -2.25. The van der Waals surface area contributed by atoms with Crippen LogP contribution in [0.1, 0.15) is 20.8 Å². The van der Waals surface area contributed by atoms with Crippen LogP contribution in [0.5, 0.6) is 0 Å². The van der Waals surface area contributed by atoms with Gasteiger partial charge in [0.2, 0.25) is 6.03 Å². The van der Waals surface area contributed by atoms with Crippen LogP contribution in [0.3, 0.4) is 0 Å². The maximum Gasteiger partial charge on any atom is 0.270 e. The first-order valence-electron chi connectivity index (χ1n) is 4.81. The SMILES string of the molecule is CCOC(OCC)[P@](=O)(CN)OCC. The summed E-state index contributed by atoms with van der Waals surface area (Å²) in [5.74, 6) is 0. The van der Waals surface area contributed by atoms with Crippen LogP contribution in [0.4, 0.5) is 0 Å². The summed E-state index contributed by atoms with van der Waals surface area (Å²) in [4.78, 5) is 0. The molecule has 0 radical (unpaired) electrons. The van der Waals surface area contributed by atoms with Gasteiger partial charge in [-0.15, -0.1) is 0 Å². The van der Waals surface area contributed by atoms with Crippen molar-refractivity contribution in [3.8, 4) is 0 Å². The van der Waals surface area contributed by atoms with E-state index < -0.39 is 13.4 Å². The molecule has 0 unspecified atom stereocenters. The van der Waals surface area contributed by atoms with Crippen molar-refractivity contribution >= 4 is 7.37 Å². The number of ether oxygens (including phenoxy) is 2. The summed E-state index contributed by atoms with van der Waals surface area (Å²) in [5.41, 5.74) is 5.41. The van der Waals surface area contributed by atoms with Gasteiger partial charge in [-0.3, -0.25) is 4.57 Å². The quantitative estimate of drug-likeness (QED) is 0.501. The fourth-order valence-electron chi connectivity index (χ4n) is 0.979. The van der Waals surface area contributed by atoms with Crippen LogP contribution in [0.25, 0.3) is 0 Å². The molecule has 0 aliphatic heterocycles. The van der Waals surface area contributed by atoms with Gasteiger partial charge < -0.3 is 19.7 Å². The van der Waals surface area contributed by atoms with Crippen LogP contribution in [-0.4, -0.2) is 32.1 Å². The van der Waals surface area contributed by atoms with Crippen LogP contribution in [0, 0.1) is 0 Å². The standard InChI is InChI=1S/C8H20NO4P/c1-4-11-8(12-5-2)14(10,7-9)13-6-3/h8H,4-7,9H2,1-3H3/t14-/m0/s1. The van der Waals surface area contributed by atoms with Gasteiger partial charge in [-0.1, -0.05) is 0 Å². The first kappa shape index (κ1) is 14.1. The molecule has 0 heterocycles. The van der Waals surface area contributed by atoms with E-state index in [4.69, 9.17) is 19.7 Å². The zero-order valence-corrected chi connectivity index (χ0v) is 9.96. The molecule has 0 fully saturated rings. The molecule has 0 aromatic heterocycles. The lowest BCUT2D eigenvalue weighted by atomic mass is 10.9. The zero-order chi connectivity index (χ0) is 11.0. The molecule has 0 saturated heterocycles. The fraction of sp³-hybridized carbons (Fsp3) is 1.00. The van der Waals surface area contributed by atoms with E-state index in [9.17, 15) is 4.57 Å². The van der Waals surface area contributed by atoms with E-state index in [0.29, 0.717) is 19.8 Å². The monoisotopic (exact) mass is 225 g/mol. The summed E-state index contributed by atoms with van der Waals surface area (Å²) in [6.07, 6.45) is -0.0640. The minimum absolute atomic E-state index is 0.0640. The van der Waals surface area contributed by atoms with Crippen molar-refractivity contribution in [2.45, 2.75) is 26.8 Å². The van der Waals surface area contributed by atoms with Crippen molar-refractivity contribution in [1.29, 1.82) is 0 Å². The molecule has 0 aromatic rings. The van der Waals surface area contributed by atoms with Gasteiger partial charge in [0.25, 0.3) is 7.37 Å². The minimum Gasteiger partial charge on any atom is -0.345 e. The second-order valence-electron chi connectivity index (χ2n) is 2.54. The maximum absolute atomic E-state index is 12.1. The third-order valence-corrected chi connectivity index (χ3v) is 3.69. The molecule has 0 rings (SSSR count). The highest BCUT2D eigenvalue weighted by molar-refractivity contribution is 7.59. The summed E-state index contributed by atoms with van der Waals surface area (Å²) in [5, 5.41) is 0. The van der Waals surface area contributed by atoms with Crippen molar-refractivity contribution < 1.29 is 18.6 Å².